The van der Waals surface area contributed by atoms with Gasteiger partial charge >= 0.3 is 0 Å². The summed E-state index contributed by atoms with van der Waals surface area (Å²) in [6.07, 6.45) is 1.77. The summed E-state index contributed by atoms with van der Waals surface area (Å²) in [5.41, 5.74) is 4.58. The van der Waals surface area contributed by atoms with Gasteiger partial charge in [0.15, 0.2) is 0 Å². The molecule has 1 heterocycles. The van der Waals surface area contributed by atoms with Crippen molar-refractivity contribution >= 4 is 16.6 Å². The second-order valence-corrected chi connectivity index (χ2v) is 5.69. The number of halogens is 1. The Morgan fingerprint density at radius 2 is 1.55 bits per heavy atom. The van der Waals surface area contributed by atoms with Crippen molar-refractivity contribution in [1.29, 1.82) is 10.5 Å². The Kier molecular flexibility index (Phi) is 4.71. The van der Waals surface area contributed by atoms with Gasteiger partial charge < -0.3 is 5.32 Å². The Morgan fingerprint density at radius 1 is 1.05 bits per heavy atom. The third-order valence-electron chi connectivity index (χ3n) is 3.69. The van der Waals surface area contributed by atoms with E-state index in [-0.39, 0.29) is 0 Å². The van der Waals surface area contributed by atoms with Crippen molar-refractivity contribution in [2.24, 2.45) is 5.92 Å². The molecule has 0 radical (unpaired) electrons. The molecular formula is C18H16ClN3. The van der Waals surface area contributed by atoms with Gasteiger partial charge in [0.1, 0.15) is 0 Å². The first-order valence-electron chi connectivity index (χ1n) is 6.91. The fourth-order valence-corrected chi connectivity index (χ4v) is 2.71. The lowest BCUT2D eigenvalue weighted by Crippen LogP contribution is -2.23. The van der Waals surface area contributed by atoms with E-state index in [4.69, 9.17) is 11.6 Å². The Balaban J connectivity index is 2.49. The molecule has 0 amide bonds. The van der Waals surface area contributed by atoms with Gasteiger partial charge in [-0.15, -0.1) is 0 Å². The smallest absolute Gasteiger partial charge is 0.0975 e. The minimum atomic E-state index is -0.412. The summed E-state index contributed by atoms with van der Waals surface area (Å²) < 4.78 is 0. The Morgan fingerprint density at radius 3 is 2.00 bits per heavy atom. The summed E-state index contributed by atoms with van der Waals surface area (Å²) in [7, 11) is 0. The number of dihydropyridines is 1. The number of nitrogens with zero attached hydrogens (tertiary/aromatic N) is 2. The van der Waals surface area contributed by atoms with Gasteiger partial charge in [-0.2, -0.15) is 10.5 Å². The Labute approximate surface area is 135 Å². The van der Waals surface area contributed by atoms with E-state index in [1.54, 1.807) is 6.08 Å². The number of benzene rings is 1. The van der Waals surface area contributed by atoms with E-state index in [0.717, 1.165) is 22.5 Å². The van der Waals surface area contributed by atoms with Crippen LogP contribution in [0.1, 0.15) is 25.0 Å². The molecule has 0 fully saturated rings. The first-order chi connectivity index (χ1) is 10.5. The molecule has 0 saturated heterocycles. The Hall–Kier alpha value is -2.49. The van der Waals surface area contributed by atoms with Crippen molar-refractivity contribution in [2.75, 3.05) is 0 Å². The molecule has 110 valence electrons. The highest BCUT2D eigenvalue weighted by molar-refractivity contribution is 6.48. The molecule has 3 nitrogen and oxygen atoms in total. The number of nitrogens with one attached hydrogen (secondary N) is 1. The van der Waals surface area contributed by atoms with E-state index >= 15 is 0 Å². The van der Waals surface area contributed by atoms with Gasteiger partial charge in [-0.1, -0.05) is 47.5 Å². The quantitative estimate of drug-likeness (QED) is 0.881. The van der Waals surface area contributed by atoms with Gasteiger partial charge in [0.25, 0.3) is 0 Å². The molecule has 1 aromatic carbocycles. The molecule has 4 heteroatoms. The summed E-state index contributed by atoms with van der Waals surface area (Å²) in [5, 5.41) is 22.4. The molecule has 0 unspecified atom stereocenters. The third-order valence-corrected chi connectivity index (χ3v) is 4.03. The van der Waals surface area contributed by atoms with E-state index in [2.05, 4.69) is 17.5 Å². The highest BCUT2D eigenvalue weighted by Crippen LogP contribution is 2.33. The molecule has 0 atom stereocenters. The maximum atomic E-state index is 9.40. The molecule has 0 saturated carbocycles. The molecule has 1 aliphatic rings. The van der Waals surface area contributed by atoms with Crippen LogP contribution in [0.15, 0.2) is 52.9 Å². The second-order valence-electron chi connectivity index (χ2n) is 5.28. The van der Waals surface area contributed by atoms with E-state index in [1.807, 2.05) is 45.0 Å². The lowest BCUT2D eigenvalue weighted by atomic mass is 9.86. The van der Waals surface area contributed by atoms with Gasteiger partial charge in [0, 0.05) is 16.4 Å². The maximum Gasteiger partial charge on any atom is 0.0975 e. The van der Waals surface area contributed by atoms with Crippen LogP contribution in [0.2, 0.25) is 0 Å². The summed E-state index contributed by atoms with van der Waals surface area (Å²) in [5.74, 6) is -0.412. The fraction of sp³-hybridized carbons (Fsp3) is 0.222. The predicted molar refractivity (Wildman–Crippen MR) is 88.3 cm³/mol. The van der Waals surface area contributed by atoms with E-state index in [0.29, 0.717) is 16.2 Å². The summed E-state index contributed by atoms with van der Waals surface area (Å²) in [4.78, 5) is 0. The number of hydrogen-bond donors (Lipinski definition) is 1. The van der Waals surface area contributed by atoms with Crippen LogP contribution in [0, 0.1) is 35.5 Å². The number of nitriles is 2. The van der Waals surface area contributed by atoms with Gasteiger partial charge in [-0.25, -0.2) is 0 Å². The van der Waals surface area contributed by atoms with Crippen LogP contribution < -0.4 is 5.32 Å². The minimum absolute atomic E-state index is 0.412. The summed E-state index contributed by atoms with van der Waals surface area (Å²) in [6.45, 7) is 5.67. The summed E-state index contributed by atoms with van der Waals surface area (Å²) >= 11 is 6.41. The topological polar surface area (TPSA) is 59.6 Å². The molecule has 1 aliphatic heterocycles. The summed E-state index contributed by atoms with van der Waals surface area (Å²) in [6, 6.07) is 12.2. The largest absolute Gasteiger partial charge is 0.361 e. The van der Waals surface area contributed by atoms with Crippen molar-refractivity contribution in [1.82, 2.24) is 5.32 Å². The zero-order valence-corrected chi connectivity index (χ0v) is 13.5. The molecule has 1 N–H and O–H groups in total. The minimum Gasteiger partial charge on any atom is -0.361 e. The van der Waals surface area contributed by atoms with Crippen molar-refractivity contribution in [3.63, 3.8) is 0 Å². The first-order valence-corrected chi connectivity index (χ1v) is 7.28. The van der Waals surface area contributed by atoms with Crippen molar-refractivity contribution < 1.29 is 0 Å². The van der Waals surface area contributed by atoms with Crippen LogP contribution in [0.5, 0.6) is 0 Å². The van der Waals surface area contributed by atoms with Crippen LogP contribution in [-0.2, 0) is 0 Å². The molecule has 1 aromatic rings. The van der Waals surface area contributed by atoms with Crippen LogP contribution in [-0.4, -0.2) is 0 Å². The number of hydrogen-bond acceptors (Lipinski definition) is 3. The van der Waals surface area contributed by atoms with Crippen LogP contribution in [0.25, 0.3) is 5.03 Å². The van der Waals surface area contributed by atoms with Crippen LogP contribution in [0.3, 0.4) is 0 Å². The first kappa shape index (κ1) is 15.9. The predicted octanol–water partition coefficient (Wildman–Crippen LogP) is 4.39. The average Bonchev–Trinajstić information content (AvgIpc) is 2.48. The second kappa shape index (κ2) is 6.52. The molecule has 2 rings (SSSR count). The van der Waals surface area contributed by atoms with Gasteiger partial charge in [0.2, 0.25) is 0 Å². The number of rotatable bonds is 2. The van der Waals surface area contributed by atoms with Gasteiger partial charge in [-0.3, -0.25) is 0 Å². The van der Waals surface area contributed by atoms with E-state index in [1.165, 1.54) is 0 Å². The lowest BCUT2D eigenvalue weighted by Gasteiger charge is -2.24. The van der Waals surface area contributed by atoms with Gasteiger partial charge in [0.05, 0.1) is 29.2 Å². The normalized spacial score (nSPS) is 16.2. The number of allylic oxidation sites excluding steroid dienone is 5. The monoisotopic (exact) mass is 309 g/mol. The number of aryl methyl sites for hydroxylation is 1. The van der Waals surface area contributed by atoms with Crippen molar-refractivity contribution in [2.45, 2.75) is 20.8 Å². The zero-order chi connectivity index (χ0) is 16.3. The molecule has 0 aliphatic carbocycles. The van der Waals surface area contributed by atoms with Crippen LogP contribution in [0.4, 0.5) is 0 Å². The van der Waals surface area contributed by atoms with Crippen LogP contribution >= 0.6 is 11.6 Å². The molecule has 0 spiro atoms. The lowest BCUT2D eigenvalue weighted by molar-refractivity contribution is 0.799. The molecule has 0 bridgehead atoms. The highest BCUT2D eigenvalue weighted by atomic mass is 35.5. The average molecular weight is 310 g/mol. The van der Waals surface area contributed by atoms with Crippen molar-refractivity contribution in [3.8, 4) is 12.1 Å². The fourth-order valence-electron chi connectivity index (χ4n) is 2.46. The van der Waals surface area contributed by atoms with Gasteiger partial charge in [-0.05, 0) is 26.3 Å². The molecular weight excluding hydrogens is 294 g/mol. The molecule has 22 heavy (non-hydrogen) atoms. The SMILES string of the molecule is CC1=C(C#N)C(/C=C(/Cl)c2ccc(C)cc2)C(C#N)=C(C)N1. The zero-order valence-electron chi connectivity index (χ0n) is 12.7. The highest BCUT2D eigenvalue weighted by Gasteiger charge is 2.26. The van der Waals surface area contributed by atoms with Crippen molar-refractivity contribution in [3.05, 3.63) is 64.0 Å². The van der Waals surface area contributed by atoms with E-state index in [9.17, 15) is 10.5 Å². The molecule has 0 aromatic heterocycles. The van der Waals surface area contributed by atoms with E-state index < -0.39 is 5.92 Å². The maximum absolute atomic E-state index is 9.40. The Bertz CT molecular complexity index is 732. The third kappa shape index (κ3) is 3.06. The standard InChI is InChI=1S/C18H16ClN3/c1-11-4-6-14(7-5-11)18(19)8-15-16(9-20)12(2)22-13(3)17(15)10-21/h4-8,15,22H,1-3H3/b18-8+.